The van der Waals surface area contributed by atoms with E-state index in [4.69, 9.17) is 11.5 Å². The minimum atomic E-state index is -0.694. The summed E-state index contributed by atoms with van der Waals surface area (Å²) in [4.78, 5) is 23.0. The zero-order valence-electron chi connectivity index (χ0n) is 10.7. The van der Waals surface area contributed by atoms with Crippen LogP contribution in [-0.4, -0.2) is 24.4 Å². The Hall–Kier alpha value is -1.10. The number of nitrogens with two attached hydrogens (primary N) is 2. The van der Waals surface area contributed by atoms with Crippen LogP contribution in [0.15, 0.2) is 0 Å². The van der Waals surface area contributed by atoms with Crippen molar-refractivity contribution >= 4 is 11.8 Å². The van der Waals surface area contributed by atoms with Gasteiger partial charge in [-0.2, -0.15) is 0 Å². The van der Waals surface area contributed by atoms with E-state index in [1.165, 1.54) is 0 Å². The van der Waals surface area contributed by atoms with Crippen LogP contribution in [0.1, 0.15) is 39.5 Å². The number of amides is 2. The first kappa shape index (κ1) is 14.0. The molecule has 98 valence electrons. The Morgan fingerprint density at radius 2 is 1.76 bits per heavy atom. The summed E-state index contributed by atoms with van der Waals surface area (Å²) in [5.74, 6) is -0.340. The second-order valence-electron chi connectivity index (χ2n) is 5.58. The molecule has 0 aromatic heterocycles. The zero-order chi connectivity index (χ0) is 13.1. The van der Waals surface area contributed by atoms with E-state index < -0.39 is 11.3 Å². The lowest BCUT2D eigenvalue weighted by Gasteiger charge is -2.27. The van der Waals surface area contributed by atoms with Gasteiger partial charge in [-0.15, -0.1) is 0 Å². The van der Waals surface area contributed by atoms with E-state index in [9.17, 15) is 9.59 Å². The van der Waals surface area contributed by atoms with Gasteiger partial charge >= 0.3 is 0 Å². The van der Waals surface area contributed by atoms with Gasteiger partial charge in [0, 0.05) is 18.5 Å². The van der Waals surface area contributed by atoms with Gasteiger partial charge < -0.3 is 16.8 Å². The summed E-state index contributed by atoms with van der Waals surface area (Å²) in [5, 5.41) is 2.81. The number of rotatable bonds is 4. The molecule has 2 amide bonds. The summed E-state index contributed by atoms with van der Waals surface area (Å²) in [5.41, 5.74) is 10.3. The molecule has 17 heavy (non-hydrogen) atoms. The molecule has 0 aliphatic heterocycles. The molecule has 1 aliphatic carbocycles. The summed E-state index contributed by atoms with van der Waals surface area (Å²) in [7, 11) is 0. The Bertz CT molecular complexity index is 294. The van der Waals surface area contributed by atoms with Crippen LogP contribution in [0.5, 0.6) is 0 Å². The number of nitrogens with one attached hydrogen (secondary N) is 1. The van der Waals surface area contributed by atoms with Gasteiger partial charge in [-0.1, -0.05) is 0 Å². The molecule has 0 radical (unpaired) electrons. The van der Waals surface area contributed by atoms with E-state index in [1.807, 2.05) is 0 Å². The lowest BCUT2D eigenvalue weighted by molar-refractivity contribution is -0.128. The fourth-order valence-corrected chi connectivity index (χ4v) is 1.92. The first-order chi connectivity index (χ1) is 7.83. The largest absolute Gasteiger partial charge is 0.369 e. The number of primary amides is 1. The quantitative estimate of drug-likeness (QED) is 0.652. The average Bonchev–Trinajstić information content (AvgIpc) is 2.27. The monoisotopic (exact) mass is 241 g/mol. The minimum absolute atomic E-state index is 0.0197. The van der Waals surface area contributed by atoms with Crippen LogP contribution in [-0.2, 0) is 9.59 Å². The highest BCUT2D eigenvalue weighted by Gasteiger charge is 2.28. The molecule has 0 bridgehead atoms. The predicted molar refractivity (Wildman–Crippen MR) is 65.9 cm³/mol. The third-order valence-electron chi connectivity index (χ3n) is 3.51. The zero-order valence-corrected chi connectivity index (χ0v) is 10.7. The molecule has 0 unspecified atom stereocenters. The second kappa shape index (κ2) is 5.49. The Morgan fingerprint density at radius 1 is 1.24 bits per heavy atom. The van der Waals surface area contributed by atoms with Gasteiger partial charge in [-0.05, 0) is 39.5 Å². The van der Waals surface area contributed by atoms with Crippen molar-refractivity contribution in [1.82, 2.24) is 5.32 Å². The summed E-state index contributed by atoms with van der Waals surface area (Å²) in [6, 6.07) is 0.237. The third-order valence-corrected chi connectivity index (χ3v) is 3.51. The molecule has 0 spiro atoms. The number of carbonyl (C=O) groups excluding carboxylic acids is 2. The third kappa shape index (κ3) is 4.00. The Kier molecular flexibility index (Phi) is 4.51. The standard InChI is InChI=1S/C12H23N3O2/c1-12(2,11(14)17)7-15-10(16)8-3-5-9(13)6-4-8/h8-9H,3-7,13H2,1-2H3,(H2,14,17)(H,15,16). The number of hydrogen-bond donors (Lipinski definition) is 3. The summed E-state index contributed by atoms with van der Waals surface area (Å²) in [6.07, 6.45) is 3.47. The van der Waals surface area contributed by atoms with Crippen LogP contribution >= 0.6 is 0 Å². The van der Waals surface area contributed by atoms with Crippen molar-refractivity contribution in [3.63, 3.8) is 0 Å². The van der Waals surface area contributed by atoms with Crippen molar-refractivity contribution in [1.29, 1.82) is 0 Å². The van der Waals surface area contributed by atoms with Crippen molar-refractivity contribution in [3.8, 4) is 0 Å². The van der Waals surface area contributed by atoms with Gasteiger partial charge in [0.05, 0.1) is 5.41 Å². The van der Waals surface area contributed by atoms with Crippen LogP contribution in [0.25, 0.3) is 0 Å². The van der Waals surface area contributed by atoms with E-state index in [-0.39, 0.29) is 17.9 Å². The molecule has 5 heteroatoms. The molecule has 5 nitrogen and oxygen atoms in total. The molecule has 1 rings (SSSR count). The predicted octanol–water partition coefficient (Wildman–Crippen LogP) is 0.132. The second-order valence-corrected chi connectivity index (χ2v) is 5.58. The van der Waals surface area contributed by atoms with Gasteiger partial charge in [-0.25, -0.2) is 0 Å². The highest BCUT2D eigenvalue weighted by atomic mass is 16.2. The van der Waals surface area contributed by atoms with E-state index >= 15 is 0 Å². The maximum absolute atomic E-state index is 11.9. The number of carbonyl (C=O) groups is 2. The van der Waals surface area contributed by atoms with E-state index in [0.717, 1.165) is 25.7 Å². The van der Waals surface area contributed by atoms with Crippen molar-refractivity contribution in [2.75, 3.05) is 6.54 Å². The molecule has 1 aliphatic rings. The van der Waals surface area contributed by atoms with Crippen molar-refractivity contribution in [2.45, 2.75) is 45.6 Å². The molecule has 0 saturated heterocycles. The number of hydrogen-bond acceptors (Lipinski definition) is 3. The molecule has 0 atom stereocenters. The minimum Gasteiger partial charge on any atom is -0.369 e. The Labute approximate surface area is 102 Å². The fourth-order valence-electron chi connectivity index (χ4n) is 1.92. The van der Waals surface area contributed by atoms with E-state index in [2.05, 4.69) is 5.32 Å². The smallest absolute Gasteiger partial charge is 0.224 e. The first-order valence-corrected chi connectivity index (χ1v) is 6.16. The Morgan fingerprint density at radius 3 is 2.24 bits per heavy atom. The molecule has 0 aromatic rings. The first-order valence-electron chi connectivity index (χ1n) is 6.16. The lowest BCUT2D eigenvalue weighted by atomic mass is 9.85. The highest BCUT2D eigenvalue weighted by Crippen LogP contribution is 2.23. The molecule has 1 fully saturated rings. The van der Waals surface area contributed by atoms with E-state index in [0.29, 0.717) is 6.54 Å². The molecule has 1 saturated carbocycles. The van der Waals surface area contributed by atoms with Crippen LogP contribution < -0.4 is 16.8 Å². The highest BCUT2D eigenvalue weighted by molar-refractivity contribution is 5.82. The normalized spacial score (nSPS) is 25.4. The van der Waals surface area contributed by atoms with Crippen molar-refractivity contribution in [3.05, 3.63) is 0 Å². The van der Waals surface area contributed by atoms with E-state index in [1.54, 1.807) is 13.8 Å². The van der Waals surface area contributed by atoms with Crippen LogP contribution in [0.2, 0.25) is 0 Å². The summed E-state index contributed by atoms with van der Waals surface area (Å²) in [6.45, 7) is 3.75. The average molecular weight is 241 g/mol. The van der Waals surface area contributed by atoms with Gasteiger partial charge in [0.2, 0.25) is 11.8 Å². The molecule has 0 heterocycles. The maximum atomic E-state index is 11.9. The molecular weight excluding hydrogens is 218 g/mol. The Balaban J connectivity index is 2.37. The van der Waals surface area contributed by atoms with Gasteiger partial charge in [-0.3, -0.25) is 9.59 Å². The van der Waals surface area contributed by atoms with Crippen LogP contribution in [0, 0.1) is 11.3 Å². The van der Waals surface area contributed by atoms with Crippen molar-refractivity contribution < 1.29 is 9.59 Å². The fraction of sp³-hybridized carbons (Fsp3) is 0.833. The van der Waals surface area contributed by atoms with Crippen LogP contribution in [0.4, 0.5) is 0 Å². The van der Waals surface area contributed by atoms with Gasteiger partial charge in [0.15, 0.2) is 0 Å². The van der Waals surface area contributed by atoms with Crippen LogP contribution in [0.3, 0.4) is 0 Å². The topological polar surface area (TPSA) is 98.2 Å². The summed E-state index contributed by atoms with van der Waals surface area (Å²) >= 11 is 0. The van der Waals surface area contributed by atoms with Gasteiger partial charge in [0.25, 0.3) is 0 Å². The maximum Gasteiger partial charge on any atom is 0.224 e. The summed E-state index contributed by atoms with van der Waals surface area (Å²) < 4.78 is 0. The lowest BCUT2D eigenvalue weighted by Crippen LogP contribution is -2.45. The van der Waals surface area contributed by atoms with Gasteiger partial charge in [0.1, 0.15) is 0 Å². The SMILES string of the molecule is CC(C)(CNC(=O)C1CCC(N)CC1)C(N)=O. The molecule has 0 aromatic carbocycles. The molecular formula is C12H23N3O2. The molecule has 5 N–H and O–H groups in total. The van der Waals surface area contributed by atoms with Crippen molar-refractivity contribution in [2.24, 2.45) is 22.8 Å².